The van der Waals surface area contributed by atoms with Crippen LogP contribution in [0.2, 0.25) is 0 Å². The number of hydrogen-bond donors (Lipinski definition) is 1. The molecule has 0 aromatic heterocycles. The summed E-state index contributed by atoms with van der Waals surface area (Å²) in [6, 6.07) is 0.0467. The van der Waals surface area contributed by atoms with Crippen LogP contribution >= 0.6 is 0 Å². The Balaban J connectivity index is 2.52. The van der Waals surface area contributed by atoms with Gasteiger partial charge in [0.25, 0.3) is 0 Å². The normalized spacial score (nSPS) is 20.8. The average Bonchev–Trinajstić information content (AvgIpc) is 2.43. The van der Waals surface area contributed by atoms with Gasteiger partial charge >= 0.3 is 0 Å². The van der Waals surface area contributed by atoms with E-state index in [1.807, 2.05) is 25.7 Å². The topological polar surface area (TPSA) is 44.7 Å². The maximum atomic E-state index is 11.7. The van der Waals surface area contributed by atoms with Crippen molar-refractivity contribution in [2.45, 2.75) is 52.2 Å². The molecule has 1 aliphatic rings. The molecular weight excluding hydrogens is 190 g/mol. The zero-order valence-electron chi connectivity index (χ0n) is 10.2. The highest BCUT2D eigenvalue weighted by molar-refractivity contribution is 5.84. The molecule has 1 N–H and O–H groups in total. The van der Waals surface area contributed by atoms with Crippen molar-refractivity contribution in [1.29, 1.82) is 0 Å². The first kappa shape index (κ1) is 12.0. The van der Waals surface area contributed by atoms with Crippen LogP contribution in [0, 0.1) is 0 Å². The highest BCUT2D eigenvalue weighted by Crippen LogP contribution is 2.18. The zero-order chi connectivity index (χ0) is 11.6. The third kappa shape index (κ3) is 3.22. The maximum absolute atomic E-state index is 11.7. The number of hydrogen-bond acceptors (Lipinski definition) is 3. The Hall–Kier alpha value is -1.06. The lowest BCUT2D eigenvalue weighted by atomic mass is 10.1. The van der Waals surface area contributed by atoms with E-state index in [2.05, 4.69) is 24.2 Å². The molecule has 0 saturated carbocycles. The second-order valence-electron chi connectivity index (χ2n) is 5.07. The number of rotatable bonds is 3. The van der Waals surface area contributed by atoms with Crippen LogP contribution in [0.3, 0.4) is 0 Å². The van der Waals surface area contributed by atoms with Gasteiger partial charge in [-0.3, -0.25) is 9.79 Å². The van der Waals surface area contributed by atoms with Gasteiger partial charge < -0.3 is 10.2 Å². The van der Waals surface area contributed by atoms with E-state index in [-0.39, 0.29) is 23.5 Å². The van der Waals surface area contributed by atoms with Crippen molar-refractivity contribution in [3.63, 3.8) is 0 Å². The minimum atomic E-state index is -0.141. The van der Waals surface area contributed by atoms with Gasteiger partial charge in [0.1, 0.15) is 6.04 Å². The minimum Gasteiger partial charge on any atom is -0.352 e. The first-order valence-electron chi connectivity index (χ1n) is 5.43. The van der Waals surface area contributed by atoms with Crippen molar-refractivity contribution >= 4 is 12.2 Å². The van der Waals surface area contributed by atoms with E-state index in [0.717, 1.165) is 6.54 Å². The van der Waals surface area contributed by atoms with Gasteiger partial charge in [-0.25, -0.2) is 0 Å². The fraction of sp³-hybridized carbons (Fsp3) is 0.818. The molecule has 1 heterocycles. The summed E-state index contributed by atoms with van der Waals surface area (Å²) in [7, 11) is 0. The quantitative estimate of drug-likeness (QED) is 0.757. The number of carbonyl (C=O) groups excluding carboxylic acids is 1. The van der Waals surface area contributed by atoms with Crippen molar-refractivity contribution in [2.24, 2.45) is 4.99 Å². The molecule has 0 aromatic carbocycles. The molecule has 1 atom stereocenters. The predicted octanol–water partition coefficient (Wildman–Crippen LogP) is 1.02. The standard InChI is InChI=1S/C11H21N3O/c1-8(2)13-10(15)9(3)14-6-11(4,5)12-7-14/h7-9H,6H2,1-5H3,(H,13,15). The molecule has 4 heteroatoms. The van der Waals surface area contributed by atoms with Crippen LogP contribution < -0.4 is 5.32 Å². The summed E-state index contributed by atoms with van der Waals surface area (Å²) in [5.41, 5.74) is -0.0631. The second kappa shape index (κ2) is 4.21. The molecule has 15 heavy (non-hydrogen) atoms. The molecule has 0 aliphatic carbocycles. The average molecular weight is 211 g/mol. The van der Waals surface area contributed by atoms with Gasteiger partial charge in [0.15, 0.2) is 0 Å². The first-order valence-corrected chi connectivity index (χ1v) is 5.43. The summed E-state index contributed by atoms with van der Waals surface area (Å²) in [5.74, 6) is 0.0640. The summed E-state index contributed by atoms with van der Waals surface area (Å²) in [6.45, 7) is 10.8. The highest BCUT2D eigenvalue weighted by Gasteiger charge is 2.30. The van der Waals surface area contributed by atoms with Gasteiger partial charge in [-0.2, -0.15) is 0 Å². The van der Waals surface area contributed by atoms with Crippen molar-refractivity contribution in [3.05, 3.63) is 0 Å². The Morgan fingerprint density at radius 1 is 1.47 bits per heavy atom. The van der Waals surface area contributed by atoms with E-state index in [0.29, 0.717) is 0 Å². The highest BCUT2D eigenvalue weighted by atomic mass is 16.2. The lowest BCUT2D eigenvalue weighted by molar-refractivity contribution is -0.125. The van der Waals surface area contributed by atoms with Crippen LogP contribution in [-0.2, 0) is 4.79 Å². The summed E-state index contributed by atoms with van der Waals surface area (Å²) < 4.78 is 0. The lowest BCUT2D eigenvalue weighted by Crippen LogP contribution is -2.47. The molecule has 1 rings (SSSR count). The monoisotopic (exact) mass is 211 g/mol. The minimum absolute atomic E-state index is 0.0631. The van der Waals surface area contributed by atoms with Gasteiger partial charge in [-0.05, 0) is 34.6 Å². The molecule has 0 fully saturated rings. The number of amides is 1. The molecule has 1 aliphatic heterocycles. The van der Waals surface area contributed by atoms with Crippen LogP contribution in [0.15, 0.2) is 4.99 Å². The molecule has 4 nitrogen and oxygen atoms in total. The largest absolute Gasteiger partial charge is 0.352 e. The Kier molecular flexibility index (Phi) is 3.37. The summed E-state index contributed by atoms with van der Waals surface area (Å²) in [4.78, 5) is 18.1. The SMILES string of the molecule is CC(C)NC(=O)C(C)N1C=NC(C)(C)C1. The summed E-state index contributed by atoms with van der Waals surface area (Å²) in [6.07, 6.45) is 1.78. The van der Waals surface area contributed by atoms with E-state index in [1.165, 1.54) is 0 Å². The van der Waals surface area contributed by atoms with Gasteiger partial charge in [-0.15, -0.1) is 0 Å². The predicted molar refractivity (Wildman–Crippen MR) is 62.0 cm³/mol. The molecule has 0 aromatic rings. The van der Waals surface area contributed by atoms with E-state index in [1.54, 1.807) is 6.34 Å². The Morgan fingerprint density at radius 3 is 2.47 bits per heavy atom. The fourth-order valence-electron chi connectivity index (χ4n) is 1.55. The van der Waals surface area contributed by atoms with Crippen molar-refractivity contribution in [3.8, 4) is 0 Å². The lowest BCUT2D eigenvalue weighted by Gasteiger charge is -2.26. The zero-order valence-corrected chi connectivity index (χ0v) is 10.2. The maximum Gasteiger partial charge on any atom is 0.242 e. The van der Waals surface area contributed by atoms with Gasteiger partial charge in [0, 0.05) is 12.6 Å². The third-order valence-corrected chi connectivity index (χ3v) is 2.43. The van der Waals surface area contributed by atoms with Crippen LogP contribution in [0.4, 0.5) is 0 Å². The second-order valence-corrected chi connectivity index (χ2v) is 5.07. The van der Waals surface area contributed by atoms with E-state index in [9.17, 15) is 4.79 Å². The smallest absolute Gasteiger partial charge is 0.242 e. The molecule has 1 unspecified atom stereocenters. The van der Waals surface area contributed by atoms with Crippen LogP contribution in [0.25, 0.3) is 0 Å². The van der Waals surface area contributed by atoms with Crippen molar-refractivity contribution in [1.82, 2.24) is 10.2 Å². The number of carbonyl (C=O) groups is 1. The van der Waals surface area contributed by atoms with E-state index < -0.39 is 0 Å². The fourth-order valence-corrected chi connectivity index (χ4v) is 1.55. The molecule has 0 saturated heterocycles. The van der Waals surface area contributed by atoms with E-state index >= 15 is 0 Å². The molecule has 0 spiro atoms. The summed E-state index contributed by atoms with van der Waals surface area (Å²) >= 11 is 0. The van der Waals surface area contributed by atoms with Crippen molar-refractivity contribution < 1.29 is 4.79 Å². The number of aliphatic imine (C=N–C) groups is 1. The molecular formula is C11H21N3O. The number of nitrogens with one attached hydrogen (secondary N) is 1. The van der Waals surface area contributed by atoms with Crippen LogP contribution in [0.5, 0.6) is 0 Å². The van der Waals surface area contributed by atoms with E-state index in [4.69, 9.17) is 0 Å². The molecule has 1 amide bonds. The Bertz CT molecular complexity index is 271. The van der Waals surface area contributed by atoms with Crippen LogP contribution in [0.1, 0.15) is 34.6 Å². The van der Waals surface area contributed by atoms with Crippen molar-refractivity contribution in [2.75, 3.05) is 6.54 Å². The van der Waals surface area contributed by atoms with Gasteiger partial charge in [-0.1, -0.05) is 0 Å². The number of nitrogens with zero attached hydrogens (tertiary/aromatic N) is 2. The molecule has 86 valence electrons. The molecule has 0 bridgehead atoms. The molecule has 0 radical (unpaired) electrons. The Morgan fingerprint density at radius 2 is 2.07 bits per heavy atom. The third-order valence-electron chi connectivity index (χ3n) is 2.43. The van der Waals surface area contributed by atoms with Crippen LogP contribution in [-0.4, -0.2) is 41.3 Å². The Labute approximate surface area is 91.7 Å². The van der Waals surface area contributed by atoms with Gasteiger partial charge in [0.05, 0.1) is 11.9 Å². The summed E-state index contributed by atoms with van der Waals surface area (Å²) in [5, 5.41) is 2.90. The first-order chi connectivity index (χ1) is 6.82. The van der Waals surface area contributed by atoms with Gasteiger partial charge in [0.2, 0.25) is 5.91 Å².